The molecule has 1 heterocycles. The zero-order valence-electron chi connectivity index (χ0n) is 16.0. The molecule has 9 heteroatoms. The molecule has 0 spiro atoms. The summed E-state index contributed by atoms with van der Waals surface area (Å²) in [7, 11) is 0. The van der Waals surface area contributed by atoms with Crippen LogP contribution < -0.4 is 10.1 Å². The van der Waals surface area contributed by atoms with Gasteiger partial charge < -0.3 is 14.8 Å². The first-order valence-electron chi connectivity index (χ1n) is 9.09. The quantitative estimate of drug-likeness (QED) is 0.711. The molecule has 0 saturated carbocycles. The van der Waals surface area contributed by atoms with Crippen molar-refractivity contribution in [2.24, 2.45) is 10.9 Å². The van der Waals surface area contributed by atoms with Crippen LogP contribution in [0.3, 0.4) is 0 Å². The third-order valence-electron chi connectivity index (χ3n) is 4.46. The SMILES string of the molecule is CC1=NC(=O)NC(c2ccc(OCc3ccccc3)cc2)C1C(=O)OCC(F)(F)F. The van der Waals surface area contributed by atoms with E-state index in [0.29, 0.717) is 17.9 Å². The van der Waals surface area contributed by atoms with Gasteiger partial charge >= 0.3 is 18.2 Å². The highest BCUT2D eigenvalue weighted by atomic mass is 19.4. The first kappa shape index (κ1) is 21.4. The number of nitrogens with zero attached hydrogens (tertiary/aromatic N) is 1. The van der Waals surface area contributed by atoms with Gasteiger partial charge in [0.1, 0.15) is 18.3 Å². The van der Waals surface area contributed by atoms with Crippen molar-refractivity contribution in [1.82, 2.24) is 5.32 Å². The topological polar surface area (TPSA) is 77.0 Å². The molecule has 30 heavy (non-hydrogen) atoms. The highest BCUT2D eigenvalue weighted by Crippen LogP contribution is 2.30. The number of benzene rings is 2. The molecule has 0 bridgehead atoms. The number of halogens is 3. The fraction of sp³-hybridized carbons (Fsp3) is 0.286. The lowest BCUT2D eigenvalue weighted by molar-refractivity contribution is -0.188. The van der Waals surface area contributed by atoms with E-state index in [-0.39, 0.29) is 5.71 Å². The Hall–Kier alpha value is -3.36. The molecule has 1 aliphatic heterocycles. The van der Waals surface area contributed by atoms with Crippen LogP contribution in [0, 0.1) is 5.92 Å². The molecule has 6 nitrogen and oxygen atoms in total. The van der Waals surface area contributed by atoms with Crippen LogP contribution in [0.15, 0.2) is 59.6 Å². The Morgan fingerprint density at radius 3 is 2.40 bits per heavy atom. The van der Waals surface area contributed by atoms with Crippen LogP contribution in [0.5, 0.6) is 5.75 Å². The molecular weight excluding hydrogens is 401 g/mol. The number of rotatable bonds is 6. The van der Waals surface area contributed by atoms with Crippen LogP contribution in [0.25, 0.3) is 0 Å². The maximum absolute atomic E-state index is 12.4. The van der Waals surface area contributed by atoms with Crippen LogP contribution in [-0.4, -0.2) is 30.5 Å². The highest BCUT2D eigenvalue weighted by molar-refractivity contribution is 6.08. The number of ether oxygens (including phenoxy) is 2. The lowest BCUT2D eigenvalue weighted by Gasteiger charge is -2.29. The summed E-state index contributed by atoms with van der Waals surface area (Å²) in [5.41, 5.74) is 1.58. The van der Waals surface area contributed by atoms with Gasteiger partial charge in [0, 0.05) is 5.71 Å². The van der Waals surface area contributed by atoms with Crippen molar-refractivity contribution in [2.45, 2.75) is 25.7 Å². The van der Waals surface area contributed by atoms with Crippen LogP contribution in [0.4, 0.5) is 18.0 Å². The normalized spacial score (nSPS) is 18.9. The van der Waals surface area contributed by atoms with Crippen LogP contribution >= 0.6 is 0 Å². The third kappa shape index (κ3) is 5.59. The Morgan fingerprint density at radius 2 is 1.77 bits per heavy atom. The molecule has 1 N–H and O–H groups in total. The molecule has 0 radical (unpaired) electrons. The van der Waals surface area contributed by atoms with Gasteiger partial charge in [0.15, 0.2) is 6.61 Å². The van der Waals surface area contributed by atoms with Gasteiger partial charge in [0.05, 0.1) is 6.04 Å². The lowest BCUT2D eigenvalue weighted by atomic mass is 9.88. The number of aliphatic imine (C=N–C) groups is 1. The van der Waals surface area contributed by atoms with E-state index in [1.165, 1.54) is 6.92 Å². The second kappa shape index (κ2) is 8.98. The summed E-state index contributed by atoms with van der Waals surface area (Å²) in [6.45, 7) is 0.0592. The lowest BCUT2D eigenvalue weighted by Crippen LogP contribution is -2.44. The van der Waals surface area contributed by atoms with E-state index in [4.69, 9.17) is 4.74 Å². The smallest absolute Gasteiger partial charge is 0.422 e. The Kier molecular flexibility index (Phi) is 6.39. The van der Waals surface area contributed by atoms with Crippen LogP contribution in [0.2, 0.25) is 0 Å². The van der Waals surface area contributed by atoms with Crippen molar-refractivity contribution in [2.75, 3.05) is 6.61 Å². The van der Waals surface area contributed by atoms with Crippen molar-refractivity contribution in [3.8, 4) is 5.75 Å². The van der Waals surface area contributed by atoms with Gasteiger partial charge in [-0.1, -0.05) is 42.5 Å². The minimum absolute atomic E-state index is 0.0836. The molecule has 2 atom stereocenters. The Labute approximate surface area is 170 Å². The zero-order valence-corrected chi connectivity index (χ0v) is 16.0. The molecular formula is C21H19F3N2O4. The van der Waals surface area contributed by atoms with Crippen molar-refractivity contribution < 1.29 is 32.2 Å². The first-order valence-corrected chi connectivity index (χ1v) is 9.09. The predicted molar refractivity (Wildman–Crippen MR) is 102 cm³/mol. The Balaban J connectivity index is 1.73. The number of urea groups is 1. The third-order valence-corrected chi connectivity index (χ3v) is 4.46. The number of esters is 1. The molecule has 3 rings (SSSR count). The van der Waals surface area contributed by atoms with Crippen molar-refractivity contribution in [1.29, 1.82) is 0 Å². The second-order valence-electron chi connectivity index (χ2n) is 6.72. The number of carbonyl (C=O) groups is 2. The molecule has 0 fully saturated rings. The van der Waals surface area contributed by atoms with E-state index in [1.54, 1.807) is 24.3 Å². The van der Waals surface area contributed by atoms with E-state index in [1.807, 2.05) is 30.3 Å². The maximum Gasteiger partial charge on any atom is 0.422 e. The summed E-state index contributed by atoms with van der Waals surface area (Å²) in [5.74, 6) is -1.71. The summed E-state index contributed by atoms with van der Waals surface area (Å²) < 4.78 is 47.3. The van der Waals surface area contributed by atoms with Gasteiger partial charge in [-0.3, -0.25) is 4.79 Å². The number of amides is 2. The summed E-state index contributed by atoms with van der Waals surface area (Å²) in [4.78, 5) is 27.8. The summed E-state index contributed by atoms with van der Waals surface area (Å²) >= 11 is 0. The highest BCUT2D eigenvalue weighted by Gasteiger charge is 2.40. The van der Waals surface area contributed by atoms with Gasteiger partial charge in [-0.15, -0.1) is 0 Å². The van der Waals surface area contributed by atoms with Gasteiger partial charge in [-0.2, -0.15) is 13.2 Å². The summed E-state index contributed by atoms with van der Waals surface area (Å²) in [6, 6.07) is 14.5. The monoisotopic (exact) mass is 420 g/mol. The van der Waals surface area contributed by atoms with Crippen molar-refractivity contribution in [3.05, 3.63) is 65.7 Å². The van der Waals surface area contributed by atoms with E-state index < -0.39 is 36.7 Å². The number of hydrogen-bond acceptors (Lipinski definition) is 4. The number of alkyl halides is 3. The standard InChI is InChI=1S/C21H19F3N2O4/c1-13-17(19(27)30-12-21(22,23)24)18(26-20(28)25-13)15-7-9-16(10-8-15)29-11-14-5-3-2-4-6-14/h2-10,17-18H,11-12H2,1H3,(H,26,28). The zero-order chi connectivity index (χ0) is 21.7. The Morgan fingerprint density at radius 1 is 1.10 bits per heavy atom. The fourth-order valence-electron chi connectivity index (χ4n) is 3.06. The average Bonchev–Trinajstić information content (AvgIpc) is 2.70. The van der Waals surface area contributed by atoms with Gasteiger partial charge in [-0.25, -0.2) is 9.79 Å². The average molecular weight is 420 g/mol. The first-order chi connectivity index (χ1) is 14.2. The van der Waals surface area contributed by atoms with Gasteiger partial charge in [-0.05, 0) is 30.2 Å². The van der Waals surface area contributed by atoms with Crippen LogP contribution in [-0.2, 0) is 16.1 Å². The van der Waals surface area contributed by atoms with E-state index in [9.17, 15) is 22.8 Å². The molecule has 1 aliphatic rings. The van der Waals surface area contributed by atoms with E-state index in [0.717, 1.165) is 5.56 Å². The van der Waals surface area contributed by atoms with Gasteiger partial charge in [0.25, 0.3) is 0 Å². The molecule has 158 valence electrons. The fourth-order valence-corrected chi connectivity index (χ4v) is 3.06. The van der Waals surface area contributed by atoms with Crippen molar-refractivity contribution >= 4 is 17.7 Å². The second-order valence-corrected chi connectivity index (χ2v) is 6.72. The molecule has 0 aliphatic carbocycles. The molecule has 2 aromatic carbocycles. The van der Waals surface area contributed by atoms with Gasteiger partial charge in [0.2, 0.25) is 0 Å². The molecule has 2 aromatic rings. The van der Waals surface area contributed by atoms with E-state index >= 15 is 0 Å². The summed E-state index contributed by atoms with van der Waals surface area (Å²) in [5, 5.41) is 2.52. The minimum atomic E-state index is -4.65. The number of hydrogen-bond donors (Lipinski definition) is 1. The maximum atomic E-state index is 12.4. The van der Waals surface area contributed by atoms with E-state index in [2.05, 4.69) is 15.0 Å². The number of nitrogens with one attached hydrogen (secondary N) is 1. The molecule has 2 amide bonds. The molecule has 2 unspecified atom stereocenters. The largest absolute Gasteiger partial charge is 0.489 e. The summed E-state index contributed by atoms with van der Waals surface area (Å²) in [6.07, 6.45) is -4.65. The Bertz CT molecular complexity index is 928. The number of carbonyl (C=O) groups excluding carboxylic acids is 2. The van der Waals surface area contributed by atoms with Crippen molar-refractivity contribution in [3.63, 3.8) is 0 Å². The molecule has 0 saturated heterocycles. The molecule has 0 aromatic heterocycles. The van der Waals surface area contributed by atoms with Crippen LogP contribution in [0.1, 0.15) is 24.1 Å². The predicted octanol–water partition coefficient (Wildman–Crippen LogP) is 4.21. The minimum Gasteiger partial charge on any atom is -0.489 e.